The van der Waals surface area contributed by atoms with Crippen LogP contribution in [-0.2, 0) is 0 Å². The molecule has 0 spiro atoms. The third-order valence-electron chi connectivity index (χ3n) is 2.70. The summed E-state index contributed by atoms with van der Waals surface area (Å²) >= 11 is 5.92. The molecule has 102 valence electrons. The lowest BCUT2D eigenvalue weighted by atomic mass is 10.2. The predicted molar refractivity (Wildman–Crippen MR) is 72.6 cm³/mol. The Balaban J connectivity index is 1.87. The molecular weight excluding hydrogens is 280 g/mol. The van der Waals surface area contributed by atoms with Crippen LogP contribution in [0.1, 0.15) is 18.5 Å². The summed E-state index contributed by atoms with van der Waals surface area (Å²) < 4.78 is 1.65. The van der Waals surface area contributed by atoms with E-state index in [1.54, 1.807) is 35.7 Å². The van der Waals surface area contributed by atoms with Crippen LogP contribution in [0, 0.1) is 0 Å². The van der Waals surface area contributed by atoms with Crippen molar-refractivity contribution in [3.8, 4) is 5.95 Å². The molecule has 8 nitrogen and oxygen atoms in total. The molecule has 1 unspecified atom stereocenters. The molecule has 3 aromatic rings. The van der Waals surface area contributed by atoms with Crippen LogP contribution in [0.15, 0.2) is 31.1 Å². The first-order valence-corrected chi connectivity index (χ1v) is 6.25. The SMILES string of the molecule is CC(Nc1nc(Cl)nc(-n2ccnc2)n1)c1cn[nH]c1. The standard InChI is InChI=1S/C11H11ClN8/c1-7(8-4-14-15-5-8)16-10-17-9(12)18-11(19-10)20-3-2-13-6-20/h2-7H,1H3,(H,14,15)(H,16,17,18,19). The highest BCUT2D eigenvalue weighted by atomic mass is 35.5. The van der Waals surface area contributed by atoms with Gasteiger partial charge in [-0.15, -0.1) is 0 Å². The van der Waals surface area contributed by atoms with Crippen LogP contribution in [0.4, 0.5) is 5.95 Å². The minimum Gasteiger partial charge on any atom is -0.347 e. The minimum atomic E-state index is -0.0112. The maximum absolute atomic E-state index is 5.92. The monoisotopic (exact) mass is 290 g/mol. The first-order valence-electron chi connectivity index (χ1n) is 5.87. The lowest BCUT2D eigenvalue weighted by molar-refractivity contribution is 0.834. The number of hydrogen-bond donors (Lipinski definition) is 2. The van der Waals surface area contributed by atoms with E-state index in [0.29, 0.717) is 11.9 Å². The van der Waals surface area contributed by atoms with Crippen molar-refractivity contribution in [2.24, 2.45) is 0 Å². The molecule has 0 radical (unpaired) electrons. The first kappa shape index (κ1) is 12.5. The number of anilines is 1. The van der Waals surface area contributed by atoms with E-state index in [-0.39, 0.29) is 11.3 Å². The lowest BCUT2D eigenvalue weighted by Gasteiger charge is -2.12. The Morgan fingerprint density at radius 3 is 2.95 bits per heavy atom. The molecule has 0 saturated heterocycles. The van der Waals surface area contributed by atoms with Gasteiger partial charge in [0.2, 0.25) is 17.2 Å². The van der Waals surface area contributed by atoms with Crippen molar-refractivity contribution >= 4 is 17.5 Å². The lowest BCUT2D eigenvalue weighted by Crippen LogP contribution is -2.11. The molecule has 0 fully saturated rings. The van der Waals surface area contributed by atoms with E-state index in [4.69, 9.17) is 11.6 Å². The second-order valence-corrected chi connectivity index (χ2v) is 4.43. The predicted octanol–water partition coefficient (Wildman–Crippen LogP) is 1.61. The largest absolute Gasteiger partial charge is 0.347 e. The smallest absolute Gasteiger partial charge is 0.241 e. The van der Waals surface area contributed by atoms with Gasteiger partial charge in [0, 0.05) is 24.2 Å². The molecular formula is C11H11ClN8. The molecule has 2 N–H and O–H groups in total. The second kappa shape index (κ2) is 5.25. The zero-order chi connectivity index (χ0) is 13.9. The first-order chi connectivity index (χ1) is 9.72. The zero-order valence-electron chi connectivity index (χ0n) is 10.5. The van der Waals surface area contributed by atoms with Crippen molar-refractivity contribution < 1.29 is 0 Å². The molecule has 20 heavy (non-hydrogen) atoms. The van der Waals surface area contributed by atoms with Crippen molar-refractivity contribution in [1.29, 1.82) is 0 Å². The van der Waals surface area contributed by atoms with E-state index in [1.807, 2.05) is 6.92 Å². The van der Waals surface area contributed by atoms with Crippen molar-refractivity contribution in [2.45, 2.75) is 13.0 Å². The minimum absolute atomic E-state index is 0.0112. The highest BCUT2D eigenvalue weighted by Gasteiger charge is 2.11. The number of aromatic nitrogens is 7. The fourth-order valence-electron chi connectivity index (χ4n) is 1.67. The van der Waals surface area contributed by atoms with Gasteiger partial charge in [-0.3, -0.25) is 9.67 Å². The average Bonchev–Trinajstić information content (AvgIpc) is 3.12. The molecule has 0 aliphatic carbocycles. The van der Waals surface area contributed by atoms with E-state index in [2.05, 4.69) is 35.5 Å². The Bertz CT molecular complexity index is 679. The van der Waals surface area contributed by atoms with Gasteiger partial charge in [-0.2, -0.15) is 20.1 Å². The number of nitrogens with one attached hydrogen (secondary N) is 2. The summed E-state index contributed by atoms with van der Waals surface area (Å²) in [6.07, 6.45) is 8.50. The van der Waals surface area contributed by atoms with Crippen LogP contribution >= 0.6 is 11.6 Å². The van der Waals surface area contributed by atoms with Gasteiger partial charge in [0.25, 0.3) is 0 Å². The fourth-order valence-corrected chi connectivity index (χ4v) is 1.83. The molecule has 3 heterocycles. The Hall–Kier alpha value is -2.48. The number of nitrogens with zero attached hydrogens (tertiary/aromatic N) is 6. The molecule has 9 heteroatoms. The highest BCUT2D eigenvalue weighted by molar-refractivity contribution is 6.28. The van der Waals surface area contributed by atoms with Gasteiger partial charge in [0.15, 0.2) is 0 Å². The molecule has 0 aromatic carbocycles. The number of H-pyrrole nitrogens is 1. The van der Waals surface area contributed by atoms with Gasteiger partial charge in [0.05, 0.1) is 12.2 Å². The van der Waals surface area contributed by atoms with Gasteiger partial charge in [0.1, 0.15) is 6.33 Å². The van der Waals surface area contributed by atoms with Crippen LogP contribution in [0.25, 0.3) is 5.95 Å². The second-order valence-electron chi connectivity index (χ2n) is 4.10. The number of imidazole rings is 1. The van der Waals surface area contributed by atoms with Crippen LogP contribution in [0.2, 0.25) is 5.28 Å². The van der Waals surface area contributed by atoms with Gasteiger partial charge in [-0.25, -0.2) is 4.98 Å². The molecule has 3 rings (SSSR count). The van der Waals surface area contributed by atoms with E-state index in [9.17, 15) is 0 Å². The highest BCUT2D eigenvalue weighted by Crippen LogP contribution is 2.17. The fraction of sp³-hybridized carbons (Fsp3) is 0.182. The van der Waals surface area contributed by atoms with Crippen LogP contribution in [-0.4, -0.2) is 34.7 Å². The Morgan fingerprint density at radius 1 is 1.35 bits per heavy atom. The van der Waals surface area contributed by atoms with Crippen LogP contribution in [0.5, 0.6) is 0 Å². The van der Waals surface area contributed by atoms with Crippen molar-refractivity contribution in [3.05, 3.63) is 42.0 Å². The number of halogens is 1. The van der Waals surface area contributed by atoms with E-state index in [1.165, 1.54) is 0 Å². The maximum Gasteiger partial charge on any atom is 0.241 e. The normalized spacial score (nSPS) is 12.3. The summed E-state index contributed by atoms with van der Waals surface area (Å²) in [4.78, 5) is 16.4. The summed E-state index contributed by atoms with van der Waals surface area (Å²) in [5, 5.41) is 9.93. The van der Waals surface area contributed by atoms with E-state index in [0.717, 1.165) is 5.56 Å². The quantitative estimate of drug-likeness (QED) is 0.757. The van der Waals surface area contributed by atoms with Crippen molar-refractivity contribution in [1.82, 2.24) is 34.7 Å². The topological polar surface area (TPSA) is 97.2 Å². The molecule has 0 aliphatic heterocycles. The summed E-state index contributed by atoms with van der Waals surface area (Å²) in [6, 6.07) is -0.0112. The van der Waals surface area contributed by atoms with Crippen molar-refractivity contribution in [2.75, 3.05) is 5.32 Å². The van der Waals surface area contributed by atoms with Gasteiger partial charge in [-0.05, 0) is 18.5 Å². The third-order valence-corrected chi connectivity index (χ3v) is 2.87. The summed E-state index contributed by atoms with van der Waals surface area (Å²) in [5.74, 6) is 0.798. The molecule has 3 aromatic heterocycles. The summed E-state index contributed by atoms with van der Waals surface area (Å²) in [7, 11) is 0. The van der Waals surface area contributed by atoms with Gasteiger partial charge in [-0.1, -0.05) is 0 Å². The Kier molecular flexibility index (Phi) is 3.30. The van der Waals surface area contributed by atoms with Crippen LogP contribution < -0.4 is 5.32 Å². The molecule has 0 aliphatic rings. The average molecular weight is 291 g/mol. The molecule has 1 atom stereocenters. The van der Waals surface area contributed by atoms with Crippen LogP contribution in [0.3, 0.4) is 0 Å². The van der Waals surface area contributed by atoms with Gasteiger partial charge < -0.3 is 5.32 Å². The Morgan fingerprint density at radius 2 is 2.25 bits per heavy atom. The number of rotatable bonds is 4. The maximum atomic E-state index is 5.92. The third kappa shape index (κ3) is 2.59. The van der Waals surface area contributed by atoms with Crippen molar-refractivity contribution in [3.63, 3.8) is 0 Å². The van der Waals surface area contributed by atoms with E-state index >= 15 is 0 Å². The number of aromatic amines is 1. The molecule has 0 saturated carbocycles. The Labute approximate surface area is 119 Å². The summed E-state index contributed by atoms with van der Waals surface area (Å²) in [5.41, 5.74) is 0.991. The molecule has 0 amide bonds. The number of hydrogen-bond acceptors (Lipinski definition) is 6. The summed E-state index contributed by atoms with van der Waals surface area (Å²) in [6.45, 7) is 1.97. The molecule has 0 bridgehead atoms. The van der Waals surface area contributed by atoms with Gasteiger partial charge >= 0.3 is 0 Å². The zero-order valence-corrected chi connectivity index (χ0v) is 11.3. The van der Waals surface area contributed by atoms with E-state index < -0.39 is 0 Å².